The second-order valence-corrected chi connectivity index (χ2v) is 7.25. The van der Waals surface area contributed by atoms with Crippen molar-refractivity contribution in [2.45, 2.75) is 0 Å². The average Bonchev–Trinajstić information content (AvgIpc) is 3.18. The van der Waals surface area contributed by atoms with Crippen LogP contribution in [-0.4, -0.2) is 36.1 Å². The van der Waals surface area contributed by atoms with Gasteiger partial charge in [0.25, 0.3) is 0 Å². The van der Waals surface area contributed by atoms with E-state index in [-0.39, 0.29) is 5.82 Å². The molecule has 2 aromatic carbocycles. The lowest BCUT2D eigenvalue weighted by Crippen LogP contribution is -2.48. The van der Waals surface area contributed by atoms with Crippen LogP contribution in [0.25, 0.3) is 11.3 Å². The maximum Gasteiger partial charge on any atom is 0.162 e. The summed E-state index contributed by atoms with van der Waals surface area (Å²) in [6.45, 7) is 3.24. The monoisotopic (exact) mass is 400 g/mol. The highest BCUT2D eigenvalue weighted by atomic mass is 35.5. The third kappa shape index (κ3) is 3.99. The summed E-state index contributed by atoms with van der Waals surface area (Å²) in [6.07, 6.45) is 0. The van der Waals surface area contributed by atoms with Gasteiger partial charge in [-0.15, -0.1) is 0 Å². The second-order valence-electron chi connectivity index (χ2n) is 6.43. The molecule has 6 heteroatoms. The fourth-order valence-electron chi connectivity index (χ4n) is 3.23. The Morgan fingerprint density at radius 1 is 0.963 bits per heavy atom. The van der Waals surface area contributed by atoms with Crippen molar-refractivity contribution in [3.63, 3.8) is 0 Å². The molecular formula is C21H18ClFN2OS. The molecule has 0 saturated carbocycles. The van der Waals surface area contributed by atoms with Gasteiger partial charge in [0.2, 0.25) is 0 Å². The Morgan fingerprint density at radius 2 is 1.70 bits per heavy atom. The highest BCUT2D eigenvalue weighted by molar-refractivity contribution is 7.80. The van der Waals surface area contributed by atoms with Gasteiger partial charge in [-0.1, -0.05) is 36.0 Å². The number of benzene rings is 2. The van der Waals surface area contributed by atoms with E-state index in [1.165, 1.54) is 12.1 Å². The number of hydrogen-bond acceptors (Lipinski definition) is 3. The van der Waals surface area contributed by atoms with Gasteiger partial charge in [0.15, 0.2) is 5.76 Å². The van der Waals surface area contributed by atoms with E-state index in [0.29, 0.717) is 15.8 Å². The molecule has 3 aromatic rings. The van der Waals surface area contributed by atoms with Crippen LogP contribution in [0.3, 0.4) is 0 Å². The SMILES string of the molecule is Fc1ccc(N2CCN(C(=S)c3ccc(-c4cccc(Cl)c4)o3)CC2)cc1. The van der Waals surface area contributed by atoms with Gasteiger partial charge < -0.3 is 14.2 Å². The molecule has 0 bridgehead atoms. The quantitative estimate of drug-likeness (QED) is 0.560. The van der Waals surface area contributed by atoms with Crippen LogP contribution in [-0.2, 0) is 0 Å². The molecule has 1 saturated heterocycles. The molecule has 0 spiro atoms. The van der Waals surface area contributed by atoms with Crippen molar-refractivity contribution >= 4 is 34.5 Å². The number of anilines is 1. The van der Waals surface area contributed by atoms with Gasteiger partial charge in [-0.3, -0.25) is 0 Å². The van der Waals surface area contributed by atoms with Crippen LogP contribution in [0.2, 0.25) is 5.02 Å². The van der Waals surface area contributed by atoms with Gasteiger partial charge in [0, 0.05) is 42.5 Å². The topological polar surface area (TPSA) is 19.6 Å². The van der Waals surface area contributed by atoms with Gasteiger partial charge in [0.05, 0.1) is 0 Å². The Labute approximate surface area is 168 Å². The molecule has 27 heavy (non-hydrogen) atoms. The highest BCUT2D eigenvalue weighted by Crippen LogP contribution is 2.26. The zero-order valence-electron chi connectivity index (χ0n) is 14.6. The minimum Gasteiger partial charge on any atom is -0.454 e. The maximum atomic E-state index is 13.1. The zero-order chi connectivity index (χ0) is 18.8. The van der Waals surface area contributed by atoms with Gasteiger partial charge >= 0.3 is 0 Å². The number of thiocarbonyl (C=S) groups is 1. The first-order chi connectivity index (χ1) is 13.1. The first-order valence-electron chi connectivity index (χ1n) is 8.76. The molecule has 0 amide bonds. The Hall–Kier alpha value is -2.37. The van der Waals surface area contributed by atoms with Crippen molar-refractivity contribution in [1.29, 1.82) is 0 Å². The molecule has 0 unspecified atom stereocenters. The van der Waals surface area contributed by atoms with Crippen molar-refractivity contribution in [3.05, 3.63) is 77.3 Å². The van der Waals surface area contributed by atoms with Crippen LogP contribution in [0.4, 0.5) is 10.1 Å². The summed E-state index contributed by atoms with van der Waals surface area (Å²) < 4.78 is 19.1. The molecule has 2 heterocycles. The lowest BCUT2D eigenvalue weighted by molar-refractivity contribution is 0.385. The Bertz CT molecular complexity index is 949. The van der Waals surface area contributed by atoms with Crippen molar-refractivity contribution < 1.29 is 8.81 Å². The van der Waals surface area contributed by atoms with Crippen LogP contribution in [0.15, 0.2) is 65.1 Å². The normalized spacial score (nSPS) is 14.4. The predicted octanol–water partition coefficient (Wildman–Crippen LogP) is 5.24. The molecule has 4 rings (SSSR count). The smallest absolute Gasteiger partial charge is 0.162 e. The molecule has 0 N–H and O–H groups in total. The minimum absolute atomic E-state index is 0.216. The maximum absolute atomic E-state index is 13.1. The summed E-state index contributed by atoms with van der Waals surface area (Å²) in [5.74, 6) is 1.22. The van der Waals surface area contributed by atoms with Gasteiger partial charge in [-0.05, 0) is 48.5 Å². The molecule has 138 valence electrons. The Balaban J connectivity index is 1.42. The van der Waals surface area contributed by atoms with Crippen LogP contribution < -0.4 is 4.90 Å². The van der Waals surface area contributed by atoms with E-state index in [1.807, 2.05) is 48.5 Å². The number of piperazine rings is 1. The zero-order valence-corrected chi connectivity index (χ0v) is 16.1. The van der Waals surface area contributed by atoms with Crippen molar-refractivity contribution in [1.82, 2.24) is 4.90 Å². The van der Waals surface area contributed by atoms with Crippen LogP contribution >= 0.6 is 23.8 Å². The number of nitrogens with zero attached hydrogens (tertiary/aromatic N) is 2. The van der Waals surface area contributed by atoms with Gasteiger partial charge in [-0.2, -0.15) is 0 Å². The minimum atomic E-state index is -0.216. The summed E-state index contributed by atoms with van der Waals surface area (Å²) in [6, 6.07) is 18.0. The average molecular weight is 401 g/mol. The van der Waals surface area contributed by atoms with Crippen molar-refractivity contribution in [2.24, 2.45) is 0 Å². The lowest BCUT2D eigenvalue weighted by atomic mass is 10.2. The van der Waals surface area contributed by atoms with E-state index in [1.54, 1.807) is 0 Å². The summed E-state index contributed by atoms with van der Waals surface area (Å²) >= 11 is 11.7. The molecule has 1 aromatic heterocycles. The summed E-state index contributed by atoms with van der Waals surface area (Å²) in [5.41, 5.74) is 1.96. The lowest BCUT2D eigenvalue weighted by Gasteiger charge is -2.37. The number of halogens is 2. The van der Waals surface area contributed by atoms with E-state index in [2.05, 4.69) is 9.80 Å². The fraction of sp³-hybridized carbons (Fsp3) is 0.190. The predicted molar refractivity (Wildman–Crippen MR) is 111 cm³/mol. The molecule has 1 aliphatic heterocycles. The number of hydrogen-bond donors (Lipinski definition) is 0. The first-order valence-corrected chi connectivity index (χ1v) is 9.54. The molecular weight excluding hydrogens is 383 g/mol. The van der Waals surface area contributed by atoms with E-state index >= 15 is 0 Å². The third-order valence-corrected chi connectivity index (χ3v) is 5.38. The molecule has 0 aliphatic carbocycles. The molecule has 1 fully saturated rings. The third-order valence-electron chi connectivity index (χ3n) is 4.68. The Kier molecular flexibility index (Phi) is 5.14. The van der Waals surface area contributed by atoms with Crippen molar-refractivity contribution in [2.75, 3.05) is 31.1 Å². The van der Waals surface area contributed by atoms with Crippen LogP contribution in [0.1, 0.15) is 5.76 Å². The fourth-order valence-corrected chi connectivity index (χ4v) is 3.71. The van der Waals surface area contributed by atoms with Gasteiger partial charge in [-0.25, -0.2) is 4.39 Å². The standard InChI is InChI=1S/C21H18ClFN2OS/c22-16-3-1-2-15(14-16)19-8-9-20(26-19)21(27)25-12-10-24(11-13-25)18-6-4-17(23)5-7-18/h1-9,14H,10-13H2. The molecule has 3 nitrogen and oxygen atoms in total. The molecule has 0 atom stereocenters. The largest absolute Gasteiger partial charge is 0.454 e. The van der Waals surface area contributed by atoms with Crippen LogP contribution in [0.5, 0.6) is 0 Å². The molecule has 1 aliphatic rings. The van der Waals surface area contributed by atoms with E-state index < -0.39 is 0 Å². The highest BCUT2D eigenvalue weighted by Gasteiger charge is 2.22. The Morgan fingerprint density at radius 3 is 2.41 bits per heavy atom. The van der Waals surface area contributed by atoms with E-state index in [0.717, 1.165) is 43.2 Å². The molecule has 0 radical (unpaired) electrons. The summed E-state index contributed by atoms with van der Waals surface area (Å²) in [4.78, 5) is 5.09. The van der Waals surface area contributed by atoms with Crippen molar-refractivity contribution in [3.8, 4) is 11.3 Å². The summed E-state index contributed by atoms with van der Waals surface area (Å²) in [5, 5.41) is 0.671. The number of furan rings is 1. The summed E-state index contributed by atoms with van der Waals surface area (Å²) in [7, 11) is 0. The number of rotatable bonds is 3. The van der Waals surface area contributed by atoms with E-state index in [9.17, 15) is 4.39 Å². The van der Waals surface area contributed by atoms with Crippen LogP contribution in [0, 0.1) is 5.82 Å². The van der Waals surface area contributed by atoms with Gasteiger partial charge in [0.1, 0.15) is 16.6 Å². The second kappa shape index (κ2) is 7.71. The first kappa shape index (κ1) is 18.0. The van der Waals surface area contributed by atoms with E-state index in [4.69, 9.17) is 28.2 Å².